The van der Waals surface area contributed by atoms with Crippen LogP contribution in [0.15, 0.2) is 18.5 Å². The molecule has 1 aliphatic carbocycles. The summed E-state index contributed by atoms with van der Waals surface area (Å²) in [5.74, 6) is 0.0965. The molecule has 0 atom stereocenters. The lowest BCUT2D eigenvalue weighted by atomic mass is 9.90. The first-order valence-corrected chi connectivity index (χ1v) is 7.10. The van der Waals surface area contributed by atoms with E-state index in [4.69, 9.17) is 5.73 Å². The first kappa shape index (κ1) is 14.0. The van der Waals surface area contributed by atoms with Gasteiger partial charge in [-0.15, -0.1) is 0 Å². The van der Waals surface area contributed by atoms with Crippen LogP contribution in [-0.2, 0) is 0 Å². The second-order valence-corrected chi connectivity index (χ2v) is 5.41. The highest BCUT2D eigenvalue weighted by atomic mass is 16.2. The Morgan fingerprint density at radius 3 is 2.63 bits per heavy atom. The molecular formula is C15H23N3O. The van der Waals surface area contributed by atoms with Gasteiger partial charge in [0.25, 0.3) is 5.91 Å². The molecule has 1 aliphatic rings. The van der Waals surface area contributed by atoms with E-state index in [1.807, 2.05) is 24.8 Å². The summed E-state index contributed by atoms with van der Waals surface area (Å²) in [7, 11) is 0. The molecule has 0 bridgehead atoms. The Balaban J connectivity index is 2.11. The molecule has 2 N–H and O–H groups in total. The van der Waals surface area contributed by atoms with Crippen LogP contribution in [0.1, 0.15) is 48.5 Å². The maximum atomic E-state index is 12.6. The van der Waals surface area contributed by atoms with E-state index in [-0.39, 0.29) is 5.91 Å². The maximum Gasteiger partial charge on any atom is 0.255 e. The fourth-order valence-corrected chi connectivity index (χ4v) is 2.82. The third-order valence-electron chi connectivity index (χ3n) is 3.91. The van der Waals surface area contributed by atoms with Gasteiger partial charge >= 0.3 is 0 Å². The van der Waals surface area contributed by atoms with Crippen LogP contribution in [-0.4, -0.2) is 34.4 Å². The zero-order valence-electron chi connectivity index (χ0n) is 11.8. The summed E-state index contributed by atoms with van der Waals surface area (Å²) >= 11 is 0. The van der Waals surface area contributed by atoms with Gasteiger partial charge in [-0.3, -0.25) is 9.78 Å². The predicted octanol–water partition coefficient (Wildman–Crippen LogP) is 2.12. The molecule has 4 nitrogen and oxygen atoms in total. The fraction of sp³-hybridized carbons (Fsp3) is 0.600. The minimum atomic E-state index is 0.0965. The van der Waals surface area contributed by atoms with Gasteiger partial charge in [0.2, 0.25) is 0 Å². The van der Waals surface area contributed by atoms with E-state index in [0.29, 0.717) is 17.6 Å². The molecule has 1 fully saturated rings. The molecule has 19 heavy (non-hydrogen) atoms. The smallest absolute Gasteiger partial charge is 0.255 e. The van der Waals surface area contributed by atoms with Gasteiger partial charge in [0.05, 0.1) is 5.56 Å². The highest BCUT2D eigenvalue weighted by molar-refractivity contribution is 5.94. The number of rotatable bonds is 3. The number of amides is 1. The summed E-state index contributed by atoms with van der Waals surface area (Å²) in [6.45, 7) is 4.74. The van der Waals surface area contributed by atoms with Gasteiger partial charge in [0.1, 0.15) is 0 Å². The third kappa shape index (κ3) is 3.32. The van der Waals surface area contributed by atoms with Crippen LogP contribution in [0.25, 0.3) is 0 Å². The van der Waals surface area contributed by atoms with Crippen LogP contribution >= 0.6 is 0 Å². The second-order valence-electron chi connectivity index (χ2n) is 5.41. The standard InChI is InChI=1S/C15H23N3O/c1-3-18(14-6-4-13(16)5-7-14)15(19)12-8-11(2)9-17-10-12/h8-10,13-14H,3-7,16H2,1-2H3. The van der Waals surface area contributed by atoms with Crippen molar-refractivity contribution in [1.29, 1.82) is 0 Å². The molecule has 0 saturated heterocycles. The number of hydrogen-bond donors (Lipinski definition) is 1. The van der Waals surface area contributed by atoms with Crippen molar-refractivity contribution < 1.29 is 4.79 Å². The van der Waals surface area contributed by atoms with Crippen molar-refractivity contribution in [2.24, 2.45) is 5.73 Å². The van der Waals surface area contributed by atoms with Gasteiger partial charge in [0.15, 0.2) is 0 Å². The van der Waals surface area contributed by atoms with Crippen molar-refractivity contribution in [1.82, 2.24) is 9.88 Å². The number of aromatic nitrogens is 1. The average Bonchev–Trinajstić information content (AvgIpc) is 2.41. The van der Waals surface area contributed by atoms with Crippen molar-refractivity contribution in [2.45, 2.75) is 51.6 Å². The van der Waals surface area contributed by atoms with E-state index in [9.17, 15) is 4.79 Å². The summed E-state index contributed by atoms with van der Waals surface area (Å²) in [4.78, 5) is 18.6. The highest BCUT2D eigenvalue weighted by Crippen LogP contribution is 2.23. The average molecular weight is 261 g/mol. The van der Waals surface area contributed by atoms with Crippen molar-refractivity contribution in [3.05, 3.63) is 29.6 Å². The first-order chi connectivity index (χ1) is 9.11. The van der Waals surface area contributed by atoms with E-state index in [1.165, 1.54) is 0 Å². The monoisotopic (exact) mass is 261 g/mol. The number of hydrogen-bond acceptors (Lipinski definition) is 3. The van der Waals surface area contributed by atoms with E-state index in [1.54, 1.807) is 12.4 Å². The molecule has 1 heterocycles. The molecule has 1 aromatic rings. The molecule has 1 amide bonds. The summed E-state index contributed by atoms with van der Waals surface area (Å²) in [5, 5.41) is 0. The normalized spacial score (nSPS) is 23.1. The fourth-order valence-electron chi connectivity index (χ4n) is 2.82. The molecular weight excluding hydrogens is 238 g/mol. The lowest BCUT2D eigenvalue weighted by Gasteiger charge is -2.35. The van der Waals surface area contributed by atoms with Gasteiger partial charge in [0, 0.05) is 31.0 Å². The Labute approximate surface area is 115 Å². The number of pyridine rings is 1. The summed E-state index contributed by atoms with van der Waals surface area (Å²) < 4.78 is 0. The lowest BCUT2D eigenvalue weighted by molar-refractivity contribution is 0.0640. The van der Waals surface area contributed by atoms with Crippen molar-refractivity contribution >= 4 is 5.91 Å². The highest BCUT2D eigenvalue weighted by Gasteiger charge is 2.27. The van der Waals surface area contributed by atoms with Crippen molar-refractivity contribution in [3.63, 3.8) is 0 Å². The van der Waals surface area contributed by atoms with E-state index in [2.05, 4.69) is 4.98 Å². The molecule has 1 aromatic heterocycles. The van der Waals surface area contributed by atoms with Crippen LogP contribution in [0.2, 0.25) is 0 Å². The number of carbonyl (C=O) groups excluding carboxylic acids is 1. The molecule has 4 heteroatoms. The number of nitrogens with two attached hydrogens (primary N) is 1. The Bertz CT molecular complexity index is 439. The van der Waals surface area contributed by atoms with Crippen LogP contribution in [0.5, 0.6) is 0 Å². The SMILES string of the molecule is CCN(C(=O)c1cncc(C)c1)C1CCC(N)CC1. The van der Waals surface area contributed by atoms with Crippen LogP contribution in [0, 0.1) is 6.92 Å². The Morgan fingerprint density at radius 2 is 2.05 bits per heavy atom. The van der Waals surface area contributed by atoms with Gasteiger partial charge in [-0.2, -0.15) is 0 Å². The van der Waals surface area contributed by atoms with E-state index >= 15 is 0 Å². The Kier molecular flexibility index (Phi) is 4.53. The van der Waals surface area contributed by atoms with Gasteiger partial charge in [-0.25, -0.2) is 0 Å². The molecule has 104 valence electrons. The van der Waals surface area contributed by atoms with E-state index in [0.717, 1.165) is 37.8 Å². The van der Waals surface area contributed by atoms with Crippen molar-refractivity contribution in [2.75, 3.05) is 6.54 Å². The van der Waals surface area contributed by atoms with Gasteiger partial charge in [-0.1, -0.05) is 0 Å². The van der Waals surface area contributed by atoms with Crippen LogP contribution in [0.4, 0.5) is 0 Å². The summed E-state index contributed by atoms with van der Waals surface area (Å²) in [6, 6.07) is 2.55. The summed E-state index contributed by atoms with van der Waals surface area (Å²) in [6.07, 6.45) is 7.49. The second kappa shape index (κ2) is 6.15. The zero-order valence-corrected chi connectivity index (χ0v) is 11.8. The molecule has 0 spiro atoms. The maximum absolute atomic E-state index is 12.6. The molecule has 0 radical (unpaired) electrons. The third-order valence-corrected chi connectivity index (χ3v) is 3.91. The quantitative estimate of drug-likeness (QED) is 0.906. The van der Waals surface area contributed by atoms with Crippen LogP contribution < -0.4 is 5.73 Å². The lowest BCUT2D eigenvalue weighted by Crippen LogP contribution is -2.44. The molecule has 0 aromatic carbocycles. The number of carbonyl (C=O) groups is 1. The minimum absolute atomic E-state index is 0.0965. The van der Waals surface area contributed by atoms with Crippen LogP contribution in [0.3, 0.4) is 0 Å². The van der Waals surface area contributed by atoms with Crippen molar-refractivity contribution in [3.8, 4) is 0 Å². The molecule has 0 aliphatic heterocycles. The van der Waals surface area contributed by atoms with Gasteiger partial charge in [-0.05, 0) is 51.2 Å². The topological polar surface area (TPSA) is 59.2 Å². The van der Waals surface area contributed by atoms with E-state index < -0.39 is 0 Å². The largest absolute Gasteiger partial charge is 0.336 e. The Hall–Kier alpha value is -1.42. The molecule has 0 unspecified atom stereocenters. The molecule has 2 rings (SSSR count). The number of nitrogens with zero attached hydrogens (tertiary/aromatic N) is 2. The predicted molar refractivity (Wildman–Crippen MR) is 75.9 cm³/mol. The summed E-state index contributed by atoms with van der Waals surface area (Å²) in [5.41, 5.74) is 7.64. The molecule has 1 saturated carbocycles. The van der Waals surface area contributed by atoms with Gasteiger partial charge < -0.3 is 10.6 Å². The zero-order chi connectivity index (χ0) is 13.8. The number of aryl methyl sites for hydroxylation is 1. The first-order valence-electron chi connectivity index (χ1n) is 7.10. The Morgan fingerprint density at radius 1 is 1.37 bits per heavy atom. The minimum Gasteiger partial charge on any atom is -0.336 e.